The van der Waals surface area contributed by atoms with Crippen molar-refractivity contribution < 1.29 is 32.5 Å². The van der Waals surface area contributed by atoms with E-state index in [2.05, 4.69) is 0 Å². The number of rotatable bonds is 9. The number of nitrogens with zero attached hydrogens (tertiary/aromatic N) is 1. The Kier molecular flexibility index (Phi) is 6.81. The Balaban J connectivity index is 1.70. The molecule has 9 heteroatoms. The molecule has 33 heavy (non-hydrogen) atoms. The summed E-state index contributed by atoms with van der Waals surface area (Å²) in [7, 11) is -1.63. The molecule has 2 aliphatic rings. The normalized spacial score (nSPS) is 22.4. The van der Waals surface area contributed by atoms with Gasteiger partial charge in [0.25, 0.3) is 0 Å². The minimum Gasteiger partial charge on any atom is -0.497 e. The number of benzene rings is 2. The van der Waals surface area contributed by atoms with Gasteiger partial charge in [-0.1, -0.05) is 25.1 Å². The molecule has 3 atom stereocenters. The SMILES string of the molecule is CCCS(=O)(=O)CCN1CC(c2ccc3c(c2)OCO3)[C@H](C(=O)O)[C@H]1c1ccc(OC)cc1. The monoisotopic (exact) mass is 475 g/mol. The second-order valence-corrected chi connectivity index (χ2v) is 10.8. The summed E-state index contributed by atoms with van der Waals surface area (Å²) in [5.41, 5.74) is 1.66. The Morgan fingerprint density at radius 3 is 2.45 bits per heavy atom. The second-order valence-electron chi connectivity index (χ2n) is 8.45. The topological polar surface area (TPSA) is 102 Å². The minimum absolute atomic E-state index is 0.00626. The molecule has 2 aliphatic heterocycles. The highest BCUT2D eigenvalue weighted by Gasteiger charge is 2.47. The van der Waals surface area contributed by atoms with Gasteiger partial charge in [0.05, 0.1) is 18.8 Å². The lowest BCUT2D eigenvalue weighted by molar-refractivity contribution is -0.143. The van der Waals surface area contributed by atoms with Gasteiger partial charge in [-0.05, 0) is 41.8 Å². The first-order chi connectivity index (χ1) is 15.8. The molecule has 0 spiro atoms. The predicted octanol–water partition coefficient (Wildman–Crippen LogP) is 3.09. The summed E-state index contributed by atoms with van der Waals surface area (Å²) in [6.07, 6.45) is 0.557. The standard InChI is InChI=1S/C24H29NO7S/c1-3-11-33(28,29)12-10-25-14-19(17-6-9-20-21(13-17)32-15-31-20)22(24(26)27)23(25)16-4-7-18(30-2)8-5-16/h4-9,13,19,22-23H,3,10-12,14-15H2,1-2H3,(H,26,27)/t19?,22-,23+/m0/s1. The molecule has 1 fully saturated rings. The summed E-state index contributed by atoms with van der Waals surface area (Å²) in [5.74, 6) is 0.0193. The van der Waals surface area contributed by atoms with Crippen molar-refractivity contribution in [3.63, 3.8) is 0 Å². The van der Waals surface area contributed by atoms with Crippen LogP contribution in [0, 0.1) is 5.92 Å². The van der Waals surface area contributed by atoms with Crippen molar-refractivity contribution in [1.29, 1.82) is 0 Å². The summed E-state index contributed by atoms with van der Waals surface area (Å²) in [6, 6.07) is 12.3. The van der Waals surface area contributed by atoms with Gasteiger partial charge < -0.3 is 19.3 Å². The Hall–Kier alpha value is -2.78. The van der Waals surface area contributed by atoms with Gasteiger partial charge in [0.1, 0.15) is 5.75 Å². The van der Waals surface area contributed by atoms with E-state index in [1.807, 2.05) is 36.1 Å². The first kappa shape index (κ1) is 23.4. The molecule has 1 unspecified atom stereocenters. The molecule has 0 bridgehead atoms. The molecular weight excluding hydrogens is 446 g/mol. The van der Waals surface area contributed by atoms with Crippen LogP contribution in [0.25, 0.3) is 0 Å². The number of hydrogen-bond acceptors (Lipinski definition) is 7. The number of methoxy groups -OCH3 is 1. The average molecular weight is 476 g/mol. The third-order valence-corrected chi connectivity index (χ3v) is 8.20. The summed E-state index contributed by atoms with van der Waals surface area (Å²) in [6.45, 7) is 2.67. The van der Waals surface area contributed by atoms with Gasteiger partial charge in [0.15, 0.2) is 21.3 Å². The molecule has 1 saturated heterocycles. The van der Waals surface area contributed by atoms with E-state index in [1.54, 1.807) is 25.3 Å². The molecule has 0 radical (unpaired) electrons. The number of fused-ring (bicyclic) bond motifs is 1. The number of aliphatic carboxylic acids is 1. The number of ether oxygens (including phenoxy) is 3. The lowest BCUT2D eigenvalue weighted by atomic mass is 9.83. The maximum absolute atomic E-state index is 12.5. The van der Waals surface area contributed by atoms with E-state index in [-0.39, 0.29) is 30.8 Å². The third-order valence-electron chi connectivity index (χ3n) is 6.37. The Morgan fingerprint density at radius 2 is 1.79 bits per heavy atom. The van der Waals surface area contributed by atoms with Crippen LogP contribution in [0.4, 0.5) is 0 Å². The van der Waals surface area contributed by atoms with Gasteiger partial charge in [0, 0.05) is 30.8 Å². The highest BCUT2D eigenvalue weighted by Crippen LogP contribution is 2.47. The molecule has 8 nitrogen and oxygen atoms in total. The van der Waals surface area contributed by atoms with Crippen molar-refractivity contribution >= 4 is 15.8 Å². The molecule has 2 aromatic carbocycles. The zero-order chi connectivity index (χ0) is 23.6. The molecule has 178 valence electrons. The summed E-state index contributed by atoms with van der Waals surface area (Å²) in [4.78, 5) is 14.5. The molecule has 2 heterocycles. The molecule has 0 aliphatic carbocycles. The fourth-order valence-corrected chi connectivity index (χ4v) is 6.15. The zero-order valence-electron chi connectivity index (χ0n) is 18.8. The summed E-state index contributed by atoms with van der Waals surface area (Å²) < 4.78 is 41.0. The van der Waals surface area contributed by atoms with Crippen molar-refractivity contribution in [3.05, 3.63) is 53.6 Å². The van der Waals surface area contributed by atoms with Crippen LogP contribution in [0.1, 0.15) is 36.4 Å². The van der Waals surface area contributed by atoms with Crippen LogP contribution in [0.3, 0.4) is 0 Å². The number of carboxylic acids is 1. The number of likely N-dealkylation sites (tertiary alicyclic amines) is 1. The fourth-order valence-electron chi connectivity index (χ4n) is 4.81. The van der Waals surface area contributed by atoms with E-state index in [9.17, 15) is 18.3 Å². The molecule has 0 saturated carbocycles. The van der Waals surface area contributed by atoms with E-state index in [0.29, 0.717) is 30.2 Å². The zero-order valence-corrected chi connectivity index (χ0v) is 19.6. The van der Waals surface area contributed by atoms with Crippen LogP contribution in [0.2, 0.25) is 0 Å². The van der Waals surface area contributed by atoms with E-state index in [1.165, 1.54) is 0 Å². The fraction of sp³-hybridized carbons (Fsp3) is 0.458. The van der Waals surface area contributed by atoms with Crippen molar-refractivity contribution in [2.75, 3.05) is 38.5 Å². The average Bonchev–Trinajstić information content (AvgIpc) is 3.42. The Morgan fingerprint density at radius 1 is 1.09 bits per heavy atom. The molecule has 0 aromatic heterocycles. The van der Waals surface area contributed by atoms with Crippen LogP contribution >= 0.6 is 0 Å². The maximum Gasteiger partial charge on any atom is 0.309 e. The van der Waals surface area contributed by atoms with Crippen LogP contribution in [-0.2, 0) is 14.6 Å². The second kappa shape index (κ2) is 9.61. The highest BCUT2D eigenvalue weighted by atomic mass is 32.2. The molecule has 1 N–H and O–H groups in total. The van der Waals surface area contributed by atoms with Crippen molar-refractivity contribution in [3.8, 4) is 17.2 Å². The first-order valence-electron chi connectivity index (χ1n) is 11.0. The lowest BCUT2D eigenvalue weighted by Crippen LogP contribution is -2.32. The minimum atomic E-state index is -3.21. The number of hydrogen-bond donors (Lipinski definition) is 1. The number of sulfone groups is 1. The highest BCUT2D eigenvalue weighted by molar-refractivity contribution is 7.91. The van der Waals surface area contributed by atoms with Crippen LogP contribution < -0.4 is 14.2 Å². The van der Waals surface area contributed by atoms with E-state index >= 15 is 0 Å². The Labute approximate surface area is 194 Å². The summed E-state index contributed by atoms with van der Waals surface area (Å²) >= 11 is 0. The molecule has 0 amide bonds. The van der Waals surface area contributed by atoms with Gasteiger partial charge >= 0.3 is 5.97 Å². The Bertz CT molecular complexity index is 1100. The van der Waals surface area contributed by atoms with Crippen LogP contribution in [0.15, 0.2) is 42.5 Å². The van der Waals surface area contributed by atoms with E-state index in [4.69, 9.17) is 14.2 Å². The number of carbonyl (C=O) groups is 1. The lowest BCUT2D eigenvalue weighted by Gasteiger charge is -2.27. The predicted molar refractivity (Wildman–Crippen MR) is 123 cm³/mol. The number of carboxylic acid groups (broad SMARTS) is 1. The van der Waals surface area contributed by atoms with Crippen molar-refractivity contribution in [2.24, 2.45) is 5.92 Å². The van der Waals surface area contributed by atoms with Gasteiger partial charge in [0.2, 0.25) is 6.79 Å². The van der Waals surface area contributed by atoms with Crippen molar-refractivity contribution in [2.45, 2.75) is 25.3 Å². The van der Waals surface area contributed by atoms with Crippen molar-refractivity contribution in [1.82, 2.24) is 4.90 Å². The quantitative estimate of drug-likeness (QED) is 0.590. The van der Waals surface area contributed by atoms with Crippen LogP contribution in [0.5, 0.6) is 17.2 Å². The van der Waals surface area contributed by atoms with E-state index < -0.39 is 27.8 Å². The summed E-state index contributed by atoms with van der Waals surface area (Å²) in [5, 5.41) is 10.3. The first-order valence-corrected chi connectivity index (χ1v) is 12.9. The van der Waals surface area contributed by atoms with Gasteiger partial charge in [-0.2, -0.15) is 0 Å². The van der Waals surface area contributed by atoms with Gasteiger partial charge in [-0.15, -0.1) is 0 Å². The molecular formula is C24H29NO7S. The smallest absolute Gasteiger partial charge is 0.309 e. The van der Waals surface area contributed by atoms with Gasteiger partial charge in [-0.3, -0.25) is 9.69 Å². The largest absolute Gasteiger partial charge is 0.497 e. The van der Waals surface area contributed by atoms with E-state index in [0.717, 1.165) is 11.1 Å². The third kappa shape index (κ3) is 4.94. The maximum atomic E-state index is 12.5. The molecule has 2 aromatic rings. The van der Waals surface area contributed by atoms with Crippen LogP contribution in [-0.4, -0.2) is 62.9 Å². The molecule has 4 rings (SSSR count). The van der Waals surface area contributed by atoms with Gasteiger partial charge in [-0.25, -0.2) is 8.42 Å².